The highest BCUT2D eigenvalue weighted by molar-refractivity contribution is 5.80. The van der Waals surface area contributed by atoms with E-state index in [0.717, 1.165) is 12.8 Å². The fourth-order valence-corrected chi connectivity index (χ4v) is 2.95. The molecule has 0 aliphatic carbocycles. The molecular formula is C18H26N2O3. The molecule has 5 heteroatoms. The summed E-state index contributed by atoms with van der Waals surface area (Å²) in [5.41, 5.74) is 2.51. The lowest BCUT2D eigenvalue weighted by Gasteiger charge is -2.20. The number of carboxylic acids is 1. The van der Waals surface area contributed by atoms with Gasteiger partial charge in [0.05, 0.1) is 6.54 Å². The van der Waals surface area contributed by atoms with Crippen LogP contribution in [0.5, 0.6) is 0 Å². The topological polar surface area (TPSA) is 69.6 Å². The Balaban J connectivity index is 1.73. The summed E-state index contributed by atoms with van der Waals surface area (Å²) in [4.78, 5) is 24.8. The second kappa shape index (κ2) is 8.11. The van der Waals surface area contributed by atoms with Crippen molar-refractivity contribution in [3.8, 4) is 0 Å². The average Bonchev–Trinajstić information content (AvgIpc) is 2.96. The lowest BCUT2D eigenvalue weighted by Crippen LogP contribution is -2.43. The summed E-state index contributed by atoms with van der Waals surface area (Å²) in [7, 11) is 0. The van der Waals surface area contributed by atoms with E-state index in [2.05, 4.69) is 43.4 Å². The fourth-order valence-electron chi connectivity index (χ4n) is 2.95. The molecule has 0 bridgehead atoms. The van der Waals surface area contributed by atoms with E-state index in [9.17, 15) is 9.59 Å². The van der Waals surface area contributed by atoms with Crippen LogP contribution in [0.25, 0.3) is 0 Å². The fraction of sp³-hybridized carbons (Fsp3) is 0.556. The number of nitrogens with zero attached hydrogens (tertiary/aromatic N) is 1. The zero-order chi connectivity index (χ0) is 16.8. The first kappa shape index (κ1) is 17.5. The van der Waals surface area contributed by atoms with Crippen LogP contribution in [0.1, 0.15) is 43.7 Å². The lowest BCUT2D eigenvalue weighted by molar-refractivity contribution is -0.142. The van der Waals surface area contributed by atoms with Crippen LogP contribution in [0.4, 0.5) is 0 Å². The van der Waals surface area contributed by atoms with Crippen LogP contribution in [0.3, 0.4) is 0 Å². The monoisotopic (exact) mass is 318 g/mol. The number of carbonyl (C=O) groups excluding carboxylic acids is 1. The molecule has 0 saturated carbocycles. The van der Waals surface area contributed by atoms with E-state index in [1.807, 2.05) is 0 Å². The largest absolute Gasteiger partial charge is 0.480 e. The Hall–Kier alpha value is -1.88. The van der Waals surface area contributed by atoms with Gasteiger partial charge in [-0.1, -0.05) is 38.1 Å². The second-order valence-corrected chi connectivity index (χ2v) is 6.46. The van der Waals surface area contributed by atoms with Crippen molar-refractivity contribution < 1.29 is 14.7 Å². The Bertz CT molecular complexity index is 540. The predicted octanol–water partition coefficient (Wildman–Crippen LogP) is 2.02. The summed E-state index contributed by atoms with van der Waals surface area (Å²) in [6.45, 7) is 5.76. The molecule has 5 nitrogen and oxygen atoms in total. The molecule has 1 aliphatic rings. The summed E-state index contributed by atoms with van der Waals surface area (Å²) in [5, 5.41) is 12.0. The quantitative estimate of drug-likeness (QED) is 0.807. The predicted molar refractivity (Wildman–Crippen MR) is 89.5 cm³/mol. The Morgan fingerprint density at radius 2 is 2.00 bits per heavy atom. The van der Waals surface area contributed by atoms with Crippen LogP contribution in [0, 0.1) is 0 Å². The van der Waals surface area contributed by atoms with Crippen molar-refractivity contribution in [2.24, 2.45) is 0 Å². The van der Waals surface area contributed by atoms with Gasteiger partial charge in [-0.2, -0.15) is 0 Å². The minimum absolute atomic E-state index is 0.100. The van der Waals surface area contributed by atoms with E-state index < -0.39 is 12.0 Å². The molecule has 1 amide bonds. The molecule has 23 heavy (non-hydrogen) atoms. The van der Waals surface area contributed by atoms with Crippen LogP contribution in [0.2, 0.25) is 0 Å². The van der Waals surface area contributed by atoms with Crippen molar-refractivity contribution in [3.63, 3.8) is 0 Å². The van der Waals surface area contributed by atoms with Crippen LogP contribution in [-0.2, 0) is 16.0 Å². The zero-order valence-corrected chi connectivity index (χ0v) is 13.9. The number of hydrogen-bond donors (Lipinski definition) is 2. The van der Waals surface area contributed by atoms with Crippen molar-refractivity contribution in [1.82, 2.24) is 10.2 Å². The van der Waals surface area contributed by atoms with Gasteiger partial charge in [-0.3, -0.25) is 14.5 Å². The summed E-state index contributed by atoms with van der Waals surface area (Å²) >= 11 is 0. The van der Waals surface area contributed by atoms with Gasteiger partial charge < -0.3 is 10.4 Å². The number of hydrogen-bond acceptors (Lipinski definition) is 3. The lowest BCUT2D eigenvalue weighted by atomic mass is 10.0. The molecule has 1 aromatic rings. The van der Waals surface area contributed by atoms with Crippen molar-refractivity contribution in [2.75, 3.05) is 19.6 Å². The number of nitrogens with one attached hydrogen (secondary N) is 1. The van der Waals surface area contributed by atoms with Gasteiger partial charge in [0.1, 0.15) is 6.04 Å². The van der Waals surface area contributed by atoms with E-state index in [1.54, 1.807) is 4.90 Å². The molecule has 0 aromatic heterocycles. The van der Waals surface area contributed by atoms with Crippen molar-refractivity contribution in [3.05, 3.63) is 35.4 Å². The molecular weight excluding hydrogens is 292 g/mol. The minimum Gasteiger partial charge on any atom is -0.480 e. The third kappa shape index (κ3) is 5.06. The molecule has 2 rings (SSSR count). The van der Waals surface area contributed by atoms with Crippen molar-refractivity contribution in [2.45, 2.75) is 45.1 Å². The molecule has 0 unspecified atom stereocenters. The van der Waals surface area contributed by atoms with Gasteiger partial charge in [-0.05, 0) is 42.9 Å². The Morgan fingerprint density at radius 1 is 1.30 bits per heavy atom. The first-order valence-electron chi connectivity index (χ1n) is 8.29. The first-order valence-corrected chi connectivity index (χ1v) is 8.29. The molecule has 1 aromatic carbocycles. The van der Waals surface area contributed by atoms with E-state index in [-0.39, 0.29) is 12.5 Å². The Morgan fingerprint density at radius 3 is 2.61 bits per heavy atom. The number of aliphatic carboxylic acids is 1. The van der Waals surface area contributed by atoms with Gasteiger partial charge in [-0.15, -0.1) is 0 Å². The molecule has 126 valence electrons. The normalized spacial score (nSPS) is 18.3. The maximum atomic E-state index is 12.0. The average molecular weight is 318 g/mol. The SMILES string of the molecule is CC(C)c1ccc(CCNC(=O)CN2CCC[C@@H]2C(=O)O)cc1. The van der Waals surface area contributed by atoms with E-state index in [4.69, 9.17) is 5.11 Å². The van der Waals surface area contributed by atoms with Gasteiger partial charge >= 0.3 is 5.97 Å². The number of amides is 1. The zero-order valence-electron chi connectivity index (χ0n) is 13.9. The number of carboxylic acid groups (broad SMARTS) is 1. The van der Waals surface area contributed by atoms with Crippen molar-refractivity contribution >= 4 is 11.9 Å². The first-order chi connectivity index (χ1) is 11.0. The Labute approximate surface area is 137 Å². The van der Waals surface area contributed by atoms with E-state index in [1.165, 1.54) is 11.1 Å². The molecule has 0 spiro atoms. The molecule has 1 atom stereocenters. The highest BCUT2D eigenvalue weighted by atomic mass is 16.4. The van der Waals surface area contributed by atoms with Crippen LogP contribution >= 0.6 is 0 Å². The summed E-state index contributed by atoms with van der Waals surface area (Å²) in [5.74, 6) is -0.413. The highest BCUT2D eigenvalue weighted by Gasteiger charge is 2.31. The maximum Gasteiger partial charge on any atom is 0.320 e. The molecule has 2 N–H and O–H groups in total. The van der Waals surface area contributed by atoms with Crippen molar-refractivity contribution in [1.29, 1.82) is 0 Å². The maximum absolute atomic E-state index is 12.0. The van der Waals surface area contributed by atoms with Gasteiger partial charge in [0, 0.05) is 6.54 Å². The smallest absolute Gasteiger partial charge is 0.320 e. The third-order valence-electron chi connectivity index (χ3n) is 4.38. The van der Waals surface area contributed by atoms with Crippen LogP contribution < -0.4 is 5.32 Å². The van der Waals surface area contributed by atoms with E-state index >= 15 is 0 Å². The van der Waals surface area contributed by atoms with E-state index in [0.29, 0.717) is 25.4 Å². The summed E-state index contributed by atoms with van der Waals surface area (Å²) < 4.78 is 0. The van der Waals surface area contributed by atoms with Gasteiger partial charge in [-0.25, -0.2) is 0 Å². The van der Waals surface area contributed by atoms with Gasteiger partial charge in [0.25, 0.3) is 0 Å². The molecule has 1 aliphatic heterocycles. The Kier molecular flexibility index (Phi) is 6.16. The highest BCUT2D eigenvalue weighted by Crippen LogP contribution is 2.17. The van der Waals surface area contributed by atoms with Gasteiger partial charge in [0.15, 0.2) is 0 Å². The molecule has 0 radical (unpaired) electrons. The molecule has 1 saturated heterocycles. The number of likely N-dealkylation sites (tertiary alicyclic amines) is 1. The standard InChI is InChI=1S/C18H26N2O3/c1-13(2)15-7-5-14(6-8-15)9-10-19-17(21)12-20-11-3-4-16(20)18(22)23/h5-8,13,16H,3-4,9-12H2,1-2H3,(H,19,21)(H,22,23)/t16-/m1/s1. The summed E-state index contributed by atoms with van der Waals surface area (Å²) in [6.07, 6.45) is 2.25. The number of benzene rings is 1. The summed E-state index contributed by atoms with van der Waals surface area (Å²) in [6, 6.07) is 7.95. The number of rotatable bonds is 7. The van der Waals surface area contributed by atoms with Crippen LogP contribution in [0.15, 0.2) is 24.3 Å². The van der Waals surface area contributed by atoms with Gasteiger partial charge in [0.2, 0.25) is 5.91 Å². The molecule has 1 fully saturated rings. The number of carbonyl (C=O) groups is 2. The minimum atomic E-state index is -0.833. The second-order valence-electron chi connectivity index (χ2n) is 6.46. The van der Waals surface area contributed by atoms with Crippen LogP contribution in [-0.4, -0.2) is 47.6 Å². The molecule has 1 heterocycles. The third-order valence-corrected chi connectivity index (χ3v) is 4.38.